The molecule has 1 atom stereocenters. The van der Waals surface area contributed by atoms with Crippen molar-refractivity contribution in [2.45, 2.75) is 25.3 Å². The van der Waals surface area contributed by atoms with Crippen LogP contribution in [0.25, 0.3) is 11.0 Å². The average Bonchev–Trinajstić information content (AvgIpc) is 2.53. The summed E-state index contributed by atoms with van der Waals surface area (Å²) >= 11 is 0. The molecule has 1 amide bonds. The Hall–Kier alpha value is -2.37. The van der Waals surface area contributed by atoms with E-state index in [4.69, 9.17) is 0 Å². The number of piperidine rings is 1. The highest BCUT2D eigenvalue weighted by atomic mass is 16.4. The average molecular weight is 286 g/mol. The number of hydrogen-bond acceptors (Lipinski definition) is 4. The zero-order chi connectivity index (χ0) is 14.7. The third kappa shape index (κ3) is 3.04. The van der Waals surface area contributed by atoms with Crippen LogP contribution in [0.5, 0.6) is 0 Å². The Morgan fingerprint density at radius 1 is 1.38 bits per heavy atom. The van der Waals surface area contributed by atoms with E-state index in [1.165, 1.54) is 4.90 Å². The molecule has 0 unspecified atom stereocenters. The zero-order valence-electron chi connectivity index (χ0n) is 11.7. The van der Waals surface area contributed by atoms with Gasteiger partial charge in [0.05, 0.1) is 6.04 Å². The van der Waals surface area contributed by atoms with Gasteiger partial charge >= 0.3 is 6.09 Å². The lowest BCUT2D eigenvalue weighted by atomic mass is 10.0. The minimum absolute atomic E-state index is 0.0116. The molecule has 0 saturated carbocycles. The molecular weight excluding hydrogens is 268 g/mol. The minimum atomic E-state index is -0.838. The monoisotopic (exact) mass is 286 g/mol. The van der Waals surface area contributed by atoms with E-state index < -0.39 is 6.09 Å². The van der Waals surface area contributed by atoms with Crippen molar-refractivity contribution in [3.63, 3.8) is 0 Å². The van der Waals surface area contributed by atoms with Gasteiger partial charge in [0.25, 0.3) is 0 Å². The van der Waals surface area contributed by atoms with Crippen molar-refractivity contribution >= 4 is 22.9 Å². The number of fused-ring (bicyclic) bond motifs is 1. The molecule has 0 bridgehead atoms. The van der Waals surface area contributed by atoms with Gasteiger partial charge < -0.3 is 15.3 Å². The number of amides is 1. The normalized spacial score (nSPS) is 18.7. The predicted molar refractivity (Wildman–Crippen MR) is 80.4 cm³/mol. The predicted octanol–water partition coefficient (Wildman–Crippen LogP) is 2.57. The van der Waals surface area contributed by atoms with Crippen molar-refractivity contribution in [3.8, 4) is 0 Å². The van der Waals surface area contributed by atoms with Crippen molar-refractivity contribution in [3.05, 3.63) is 30.5 Å². The number of likely N-dealkylation sites (tertiary alicyclic amines) is 1. The van der Waals surface area contributed by atoms with E-state index in [1.54, 1.807) is 6.20 Å². The van der Waals surface area contributed by atoms with Gasteiger partial charge in [-0.25, -0.2) is 14.8 Å². The van der Waals surface area contributed by atoms with Gasteiger partial charge in [0, 0.05) is 24.7 Å². The number of rotatable bonds is 3. The maximum atomic E-state index is 11.2. The number of anilines is 1. The highest BCUT2D eigenvalue weighted by Crippen LogP contribution is 2.18. The Morgan fingerprint density at radius 2 is 2.29 bits per heavy atom. The van der Waals surface area contributed by atoms with E-state index in [-0.39, 0.29) is 6.04 Å². The van der Waals surface area contributed by atoms with Crippen LogP contribution in [0.15, 0.2) is 30.5 Å². The lowest BCUT2D eigenvalue weighted by molar-refractivity contribution is 0.110. The molecule has 6 nitrogen and oxygen atoms in total. The number of pyridine rings is 2. The maximum Gasteiger partial charge on any atom is 0.407 e. The Morgan fingerprint density at radius 3 is 3.14 bits per heavy atom. The molecular formula is C15H18N4O2. The molecule has 6 heteroatoms. The summed E-state index contributed by atoms with van der Waals surface area (Å²) in [5, 5.41) is 13.4. The first-order valence-corrected chi connectivity index (χ1v) is 7.19. The molecule has 2 N–H and O–H groups in total. The van der Waals surface area contributed by atoms with Crippen molar-refractivity contribution in [2.75, 3.05) is 18.4 Å². The van der Waals surface area contributed by atoms with Crippen LogP contribution < -0.4 is 5.32 Å². The van der Waals surface area contributed by atoms with Crippen LogP contribution in [0.4, 0.5) is 10.6 Å². The van der Waals surface area contributed by atoms with Gasteiger partial charge in [-0.05, 0) is 43.5 Å². The summed E-state index contributed by atoms with van der Waals surface area (Å²) < 4.78 is 0. The molecule has 0 aliphatic carbocycles. The van der Waals surface area contributed by atoms with Gasteiger partial charge in [0.2, 0.25) is 0 Å². The summed E-state index contributed by atoms with van der Waals surface area (Å²) in [6, 6.07) is 7.72. The van der Waals surface area contributed by atoms with E-state index in [2.05, 4.69) is 15.3 Å². The fourth-order valence-electron chi connectivity index (χ4n) is 2.74. The maximum absolute atomic E-state index is 11.2. The molecule has 0 aromatic carbocycles. The van der Waals surface area contributed by atoms with Crippen molar-refractivity contribution in [1.29, 1.82) is 0 Å². The van der Waals surface area contributed by atoms with Crippen molar-refractivity contribution in [1.82, 2.24) is 14.9 Å². The van der Waals surface area contributed by atoms with Crippen molar-refractivity contribution in [2.24, 2.45) is 0 Å². The standard InChI is InChI=1S/C15H18N4O2/c20-15(21)19-9-2-1-5-12(19)10-17-13-7-6-11-4-3-8-16-14(11)18-13/h3-4,6-8,12H,1-2,5,9-10H2,(H,20,21)(H,16,17,18)/t12-/m0/s1. The summed E-state index contributed by atoms with van der Waals surface area (Å²) in [7, 11) is 0. The summed E-state index contributed by atoms with van der Waals surface area (Å²) in [6.45, 7) is 1.20. The summed E-state index contributed by atoms with van der Waals surface area (Å²) in [5.74, 6) is 0.733. The van der Waals surface area contributed by atoms with Gasteiger partial charge in [-0.1, -0.05) is 0 Å². The molecule has 1 aliphatic heterocycles. The largest absolute Gasteiger partial charge is 0.465 e. The van der Waals surface area contributed by atoms with E-state index in [1.807, 2.05) is 24.3 Å². The van der Waals surface area contributed by atoms with Crippen molar-refractivity contribution < 1.29 is 9.90 Å². The lowest BCUT2D eigenvalue weighted by Crippen LogP contribution is -2.46. The molecule has 2 aromatic rings. The quantitative estimate of drug-likeness (QED) is 0.906. The fourth-order valence-corrected chi connectivity index (χ4v) is 2.74. The first-order valence-electron chi connectivity index (χ1n) is 7.19. The summed E-state index contributed by atoms with van der Waals surface area (Å²) in [6.07, 6.45) is 3.79. The molecule has 0 radical (unpaired) electrons. The number of nitrogens with zero attached hydrogens (tertiary/aromatic N) is 3. The third-order valence-corrected chi connectivity index (χ3v) is 3.86. The topological polar surface area (TPSA) is 78.4 Å². The van der Waals surface area contributed by atoms with Crippen LogP contribution >= 0.6 is 0 Å². The SMILES string of the molecule is O=C(O)N1CCCC[C@H]1CNc1ccc2cccnc2n1. The molecule has 110 valence electrons. The Balaban J connectivity index is 1.69. The smallest absolute Gasteiger partial charge is 0.407 e. The fraction of sp³-hybridized carbons (Fsp3) is 0.400. The Kier molecular flexibility index (Phi) is 3.85. The number of carboxylic acid groups (broad SMARTS) is 1. The second-order valence-electron chi connectivity index (χ2n) is 5.25. The first kappa shape index (κ1) is 13.6. The number of aromatic nitrogens is 2. The summed E-state index contributed by atoms with van der Waals surface area (Å²) in [5.41, 5.74) is 0.696. The molecule has 3 heterocycles. The van der Waals surface area contributed by atoms with Crippen LogP contribution in [0.1, 0.15) is 19.3 Å². The van der Waals surface area contributed by atoms with Gasteiger partial charge in [-0.2, -0.15) is 0 Å². The molecule has 1 saturated heterocycles. The highest BCUT2D eigenvalue weighted by molar-refractivity contribution is 5.76. The number of carbonyl (C=O) groups is 1. The molecule has 2 aromatic heterocycles. The van der Waals surface area contributed by atoms with Gasteiger partial charge in [0.15, 0.2) is 5.65 Å². The molecule has 0 spiro atoms. The molecule has 21 heavy (non-hydrogen) atoms. The van der Waals surface area contributed by atoms with Crippen LogP contribution in [0.3, 0.4) is 0 Å². The Bertz CT molecular complexity index is 646. The molecule has 3 rings (SSSR count). The highest BCUT2D eigenvalue weighted by Gasteiger charge is 2.25. The van der Waals surface area contributed by atoms with Gasteiger partial charge in [0.1, 0.15) is 5.82 Å². The van der Waals surface area contributed by atoms with Gasteiger partial charge in [-0.15, -0.1) is 0 Å². The second kappa shape index (κ2) is 5.95. The summed E-state index contributed by atoms with van der Waals surface area (Å²) in [4.78, 5) is 21.4. The molecule has 1 fully saturated rings. The van der Waals surface area contributed by atoms with E-state index in [0.29, 0.717) is 18.7 Å². The lowest BCUT2D eigenvalue weighted by Gasteiger charge is -2.33. The zero-order valence-corrected chi connectivity index (χ0v) is 11.7. The minimum Gasteiger partial charge on any atom is -0.465 e. The van der Waals surface area contributed by atoms with Crippen LogP contribution in [-0.4, -0.2) is 45.2 Å². The van der Waals surface area contributed by atoms with E-state index >= 15 is 0 Å². The third-order valence-electron chi connectivity index (χ3n) is 3.86. The van der Waals surface area contributed by atoms with Crippen LogP contribution in [0, 0.1) is 0 Å². The van der Waals surface area contributed by atoms with Crippen LogP contribution in [0.2, 0.25) is 0 Å². The Labute approximate surface area is 122 Å². The first-order chi connectivity index (χ1) is 10.2. The number of hydrogen-bond donors (Lipinski definition) is 2. The van der Waals surface area contributed by atoms with E-state index in [0.717, 1.165) is 30.5 Å². The van der Waals surface area contributed by atoms with Crippen LogP contribution in [-0.2, 0) is 0 Å². The second-order valence-corrected chi connectivity index (χ2v) is 5.25. The van der Waals surface area contributed by atoms with E-state index in [9.17, 15) is 9.90 Å². The van der Waals surface area contributed by atoms with Gasteiger partial charge in [-0.3, -0.25) is 0 Å². The number of nitrogens with one attached hydrogen (secondary N) is 1. The molecule has 1 aliphatic rings.